The monoisotopic (exact) mass is 413 g/mol. The molecular formula is C19H16BrN3OS. The number of benzene rings is 2. The molecule has 1 heterocycles. The zero-order valence-electron chi connectivity index (χ0n) is 13.6. The van der Waals surface area contributed by atoms with E-state index < -0.39 is 0 Å². The van der Waals surface area contributed by atoms with Gasteiger partial charge in [0.05, 0.1) is 4.47 Å². The van der Waals surface area contributed by atoms with Crippen LogP contribution in [-0.4, -0.2) is 15.9 Å². The number of hydrogen-bond acceptors (Lipinski definition) is 4. The Kier molecular flexibility index (Phi) is 5.83. The second kappa shape index (κ2) is 8.27. The van der Waals surface area contributed by atoms with E-state index >= 15 is 0 Å². The van der Waals surface area contributed by atoms with E-state index in [9.17, 15) is 4.79 Å². The van der Waals surface area contributed by atoms with Crippen molar-refractivity contribution in [3.05, 3.63) is 82.1 Å². The number of carbonyl (C=O) groups is 1. The maximum atomic E-state index is 12.5. The fourth-order valence-electron chi connectivity index (χ4n) is 2.13. The lowest BCUT2D eigenvalue weighted by Crippen LogP contribution is -2.15. The molecule has 3 aromatic rings. The lowest BCUT2D eigenvalue weighted by Gasteiger charge is -2.08. The smallest absolute Gasteiger partial charge is 0.275 e. The normalized spacial score (nSPS) is 10.5. The SMILES string of the molecule is Cc1ccc(NC(=O)c2nc(SCc3ccccc3)ncc2Br)cc1. The Hall–Kier alpha value is -2.18. The second-order valence-corrected chi connectivity index (χ2v) is 7.24. The predicted octanol–water partition coefficient (Wildman–Crippen LogP) is 5.09. The van der Waals surface area contributed by atoms with Gasteiger partial charge in [-0.2, -0.15) is 0 Å². The third-order valence-electron chi connectivity index (χ3n) is 3.46. The van der Waals surface area contributed by atoms with Crippen LogP contribution in [0.3, 0.4) is 0 Å². The molecule has 1 N–H and O–H groups in total. The topological polar surface area (TPSA) is 54.9 Å². The number of rotatable bonds is 5. The van der Waals surface area contributed by atoms with Crippen LogP contribution in [0, 0.1) is 6.92 Å². The minimum absolute atomic E-state index is 0.264. The molecule has 0 aliphatic heterocycles. The molecule has 0 saturated heterocycles. The van der Waals surface area contributed by atoms with Gasteiger partial charge in [-0.05, 0) is 40.5 Å². The molecular weight excluding hydrogens is 398 g/mol. The summed E-state index contributed by atoms with van der Waals surface area (Å²) in [7, 11) is 0. The molecule has 0 aliphatic rings. The van der Waals surface area contributed by atoms with Crippen molar-refractivity contribution in [2.45, 2.75) is 17.8 Å². The summed E-state index contributed by atoms with van der Waals surface area (Å²) in [4.78, 5) is 21.2. The molecule has 0 saturated carbocycles. The Labute approximate surface area is 159 Å². The first-order valence-electron chi connectivity index (χ1n) is 7.69. The minimum Gasteiger partial charge on any atom is -0.321 e. The number of carbonyl (C=O) groups excluding carboxylic acids is 1. The van der Waals surface area contributed by atoms with E-state index in [-0.39, 0.29) is 5.91 Å². The van der Waals surface area contributed by atoms with Crippen molar-refractivity contribution in [1.29, 1.82) is 0 Å². The Morgan fingerprint density at radius 2 is 1.84 bits per heavy atom. The lowest BCUT2D eigenvalue weighted by molar-refractivity contribution is 0.102. The number of amides is 1. The third-order valence-corrected chi connectivity index (χ3v) is 4.97. The van der Waals surface area contributed by atoms with Crippen LogP contribution in [0.5, 0.6) is 0 Å². The lowest BCUT2D eigenvalue weighted by atomic mass is 10.2. The molecule has 0 bridgehead atoms. The summed E-state index contributed by atoms with van der Waals surface area (Å²) in [6.45, 7) is 2.00. The number of thioether (sulfide) groups is 1. The van der Waals surface area contributed by atoms with Crippen LogP contribution in [0.4, 0.5) is 5.69 Å². The maximum absolute atomic E-state index is 12.5. The molecule has 6 heteroatoms. The highest BCUT2D eigenvalue weighted by Crippen LogP contribution is 2.23. The number of aromatic nitrogens is 2. The van der Waals surface area contributed by atoms with Crippen LogP contribution in [0.2, 0.25) is 0 Å². The van der Waals surface area contributed by atoms with Crippen LogP contribution < -0.4 is 5.32 Å². The van der Waals surface area contributed by atoms with E-state index in [1.54, 1.807) is 6.20 Å². The first-order valence-corrected chi connectivity index (χ1v) is 9.47. The summed E-state index contributed by atoms with van der Waals surface area (Å²) in [6, 6.07) is 17.7. The number of nitrogens with one attached hydrogen (secondary N) is 1. The molecule has 1 aromatic heterocycles. The van der Waals surface area contributed by atoms with Gasteiger partial charge in [0.15, 0.2) is 5.16 Å². The van der Waals surface area contributed by atoms with Gasteiger partial charge < -0.3 is 5.32 Å². The van der Waals surface area contributed by atoms with Crippen LogP contribution >= 0.6 is 27.7 Å². The summed E-state index contributed by atoms with van der Waals surface area (Å²) in [5.41, 5.74) is 3.39. The highest BCUT2D eigenvalue weighted by molar-refractivity contribution is 9.10. The van der Waals surface area contributed by atoms with E-state index in [1.807, 2.05) is 49.4 Å². The van der Waals surface area contributed by atoms with Crippen molar-refractivity contribution >= 4 is 39.3 Å². The Morgan fingerprint density at radius 1 is 1.12 bits per heavy atom. The van der Waals surface area contributed by atoms with E-state index in [0.29, 0.717) is 15.3 Å². The van der Waals surface area contributed by atoms with Gasteiger partial charge in [0.25, 0.3) is 5.91 Å². The summed E-state index contributed by atoms with van der Waals surface area (Å²) in [6.07, 6.45) is 1.62. The van der Waals surface area contributed by atoms with Gasteiger partial charge in [0.2, 0.25) is 0 Å². The van der Waals surface area contributed by atoms with E-state index in [0.717, 1.165) is 17.0 Å². The number of anilines is 1. The zero-order chi connectivity index (χ0) is 17.6. The van der Waals surface area contributed by atoms with Crippen molar-refractivity contribution < 1.29 is 4.79 Å². The third kappa shape index (κ3) is 4.90. The molecule has 0 unspecified atom stereocenters. The van der Waals surface area contributed by atoms with Crippen LogP contribution in [0.1, 0.15) is 21.6 Å². The summed E-state index contributed by atoms with van der Waals surface area (Å²) >= 11 is 4.86. The largest absolute Gasteiger partial charge is 0.321 e. The minimum atomic E-state index is -0.264. The van der Waals surface area contributed by atoms with Gasteiger partial charge in [-0.15, -0.1) is 0 Å². The van der Waals surface area contributed by atoms with E-state index in [1.165, 1.54) is 17.3 Å². The molecule has 3 rings (SSSR count). The molecule has 2 aromatic carbocycles. The fraction of sp³-hybridized carbons (Fsp3) is 0.105. The van der Waals surface area contributed by atoms with E-state index in [4.69, 9.17) is 0 Å². The first-order chi connectivity index (χ1) is 12.1. The van der Waals surface area contributed by atoms with Crippen molar-refractivity contribution in [1.82, 2.24) is 9.97 Å². The fourth-order valence-corrected chi connectivity index (χ4v) is 3.27. The second-order valence-electron chi connectivity index (χ2n) is 5.44. The average Bonchev–Trinajstić information content (AvgIpc) is 2.64. The van der Waals surface area contributed by atoms with Gasteiger partial charge in [-0.3, -0.25) is 4.79 Å². The van der Waals surface area contributed by atoms with E-state index in [2.05, 4.69) is 43.3 Å². The van der Waals surface area contributed by atoms with Crippen LogP contribution in [-0.2, 0) is 5.75 Å². The van der Waals surface area contributed by atoms with Crippen LogP contribution in [0.25, 0.3) is 0 Å². The Balaban J connectivity index is 1.72. The number of halogens is 1. The van der Waals surface area contributed by atoms with Gasteiger partial charge in [0, 0.05) is 17.6 Å². The number of hydrogen-bond donors (Lipinski definition) is 1. The summed E-state index contributed by atoms with van der Waals surface area (Å²) < 4.78 is 0.571. The van der Waals surface area contributed by atoms with Crippen molar-refractivity contribution in [3.8, 4) is 0 Å². The molecule has 126 valence electrons. The summed E-state index contributed by atoms with van der Waals surface area (Å²) in [5, 5.41) is 3.43. The average molecular weight is 414 g/mol. The van der Waals surface area contributed by atoms with Gasteiger partial charge in [-0.25, -0.2) is 9.97 Å². The van der Waals surface area contributed by atoms with Crippen molar-refractivity contribution in [2.75, 3.05) is 5.32 Å². The Morgan fingerprint density at radius 3 is 2.56 bits per heavy atom. The quantitative estimate of drug-likeness (QED) is 0.467. The van der Waals surface area contributed by atoms with Crippen molar-refractivity contribution in [3.63, 3.8) is 0 Å². The molecule has 4 nitrogen and oxygen atoms in total. The van der Waals surface area contributed by atoms with Gasteiger partial charge in [0.1, 0.15) is 5.69 Å². The molecule has 0 spiro atoms. The number of nitrogens with zero attached hydrogens (tertiary/aromatic N) is 2. The zero-order valence-corrected chi connectivity index (χ0v) is 16.0. The molecule has 1 amide bonds. The molecule has 0 aliphatic carbocycles. The number of aryl methyl sites for hydroxylation is 1. The molecule has 0 fully saturated rings. The summed E-state index contributed by atoms with van der Waals surface area (Å²) in [5.74, 6) is 0.487. The molecule has 0 radical (unpaired) electrons. The Bertz CT molecular complexity index is 870. The predicted molar refractivity (Wildman–Crippen MR) is 105 cm³/mol. The van der Waals surface area contributed by atoms with Crippen molar-refractivity contribution in [2.24, 2.45) is 0 Å². The maximum Gasteiger partial charge on any atom is 0.275 e. The van der Waals surface area contributed by atoms with Gasteiger partial charge >= 0.3 is 0 Å². The van der Waals surface area contributed by atoms with Crippen LogP contribution in [0.15, 0.2) is 70.4 Å². The highest BCUT2D eigenvalue weighted by atomic mass is 79.9. The first kappa shape index (κ1) is 17.6. The molecule has 0 atom stereocenters. The van der Waals surface area contributed by atoms with Gasteiger partial charge in [-0.1, -0.05) is 59.8 Å². The standard InChI is InChI=1S/C19H16BrN3OS/c1-13-7-9-15(10-8-13)22-18(24)17-16(20)11-21-19(23-17)25-12-14-5-3-2-4-6-14/h2-11H,12H2,1H3,(H,22,24). The highest BCUT2D eigenvalue weighted by Gasteiger charge is 2.14. The molecule has 25 heavy (non-hydrogen) atoms.